The van der Waals surface area contributed by atoms with E-state index in [4.69, 9.17) is 4.74 Å². The molecule has 0 radical (unpaired) electrons. The summed E-state index contributed by atoms with van der Waals surface area (Å²) in [7, 11) is 1.71. The van der Waals surface area contributed by atoms with Crippen LogP contribution in [-0.4, -0.2) is 30.2 Å². The predicted molar refractivity (Wildman–Crippen MR) is 85.7 cm³/mol. The summed E-state index contributed by atoms with van der Waals surface area (Å²) in [4.78, 5) is 9.86. The van der Waals surface area contributed by atoms with Crippen molar-refractivity contribution in [2.24, 2.45) is 0 Å². The predicted octanol–water partition coefficient (Wildman–Crippen LogP) is 2.98. The SMILES string of the molecule is COCCNCc1ccc(Sc2ncc(C)cn2)c(C)c1. The molecule has 4 nitrogen and oxygen atoms in total. The van der Waals surface area contributed by atoms with Crippen molar-refractivity contribution >= 4 is 11.8 Å². The molecule has 1 heterocycles. The molecule has 1 aromatic carbocycles. The summed E-state index contributed by atoms with van der Waals surface area (Å²) in [5.41, 5.74) is 3.60. The van der Waals surface area contributed by atoms with Crippen LogP contribution in [-0.2, 0) is 11.3 Å². The number of hydrogen-bond donors (Lipinski definition) is 1. The summed E-state index contributed by atoms with van der Waals surface area (Å²) in [6.45, 7) is 6.57. The summed E-state index contributed by atoms with van der Waals surface area (Å²) >= 11 is 1.60. The Morgan fingerprint density at radius 3 is 2.62 bits per heavy atom. The van der Waals surface area contributed by atoms with E-state index < -0.39 is 0 Å². The van der Waals surface area contributed by atoms with E-state index in [2.05, 4.69) is 40.4 Å². The maximum absolute atomic E-state index is 5.02. The highest BCUT2D eigenvalue weighted by Crippen LogP contribution is 2.28. The Bertz CT molecular complexity index is 572. The average Bonchev–Trinajstić information content (AvgIpc) is 2.48. The van der Waals surface area contributed by atoms with E-state index in [1.54, 1.807) is 18.9 Å². The van der Waals surface area contributed by atoms with Crippen molar-refractivity contribution < 1.29 is 4.74 Å². The normalized spacial score (nSPS) is 10.8. The third kappa shape index (κ3) is 5.12. The second kappa shape index (κ2) is 8.12. The molecule has 0 saturated carbocycles. The monoisotopic (exact) mass is 303 g/mol. The molecule has 0 unspecified atom stereocenters. The van der Waals surface area contributed by atoms with Crippen molar-refractivity contribution in [2.75, 3.05) is 20.3 Å². The lowest BCUT2D eigenvalue weighted by Gasteiger charge is -2.08. The number of nitrogens with one attached hydrogen (secondary N) is 1. The van der Waals surface area contributed by atoms with Crippen LogP contribution < -0.4 is 5.32 Å². The molecule has 0 atom stereocenters. The smallest absolute Gasteiger partial charge is 0.192 e. The van der Waals surface area contributed by atoms with E-state index in [1.165, 1.54) is 16.0 Å². The molecule has 0 bridgehead atoms. The van der Waals surface area contributed by atoms with Gasteiger partial charge in [0, 0.05) is 37.5 Å². The molecule has 1 N–H and O–H groups in total. The van der Waals surface area contributed by atoms with Crippen LogP contribution >= 0.6 is 11.8 Å². The Balaban J connectivity index is 1.97. The number of ether oxygens (including phenoxy) is 1. The van der Waals surface area contributed by atoms with Gasteiger partial charge in [0.1, 0.15) is 0 Å². The van der Waals surface area contributed by atoms with Crippen molar-refractivity contribution in [3.8, 4) is 0 Å². The van der Waals surface area contributed by atoms with Crippen LogP contribution in [0.1, 0.15) is 16.7 Å². The molecule has 0 aliphatic rings. The molecule has 0 aliphatic carbocycles. The van der Waals surface area contributed by atoms with Crippen molar-refractivity contribution in [2.45, 2.75) is 30.4 Å². The van der Waals surface area contributed by atoms with Crippen LogP contribution in [0.4, 0.5) is 0 Å². The largest absolute Gasteiger partial charge is 0.383 e. The van der Waals surface area contributed by atoms with Crippen LogP contribution in [0.3, 0.4) is 0 Å². The summed E-state index contributed by atoms with van der Waals surface area (Å²) in [6.07, 6.45) is 3.69. The summed E-state index contributed by atoms with van der Waals surface area (Å²) in [6, 6.07) is 6.48. The fourth-order valence-electron chi connectivity index (χ4n) is 1.87. The van der Waals surface area contributed by atoms with E-state index in [1.807, 2.05) is 19.3 Å². The Hall–Kier alpha value is -1.43. The van der Waals surface area contributed by atoms with E-state index in [0.717, 1.165) is 30.4 Å². The molecular formula is C16H21N3OS. The quantitative estimate of drug-likeness (QED) is 0.629. The minimum Gasteiger partial charge on any atom is -0.383 e. The molecule has 1 aromatic heterocycles. The Morgan fingerprint density at radius 1 is 1.19 bits per heavy atom. The number of rotatable bonds is 7. The van der Waals surface area contributed by atoms with Gasteiger partial charge < -0.3 is 10.1 Å². The molecule has 0 saturated heterocycles. The highest BCUT2D eigenvalue weighted by molar-refractivity contribution is 7.99. The topological polar surface area (TPSA) is 47.0 Å². The lowest BCUT2D eigenvalue weighted by molar-refractivity contribution is 0.199. The van der Waals surface area contributed by atoms with Gasteiger partial charge in [0.2, 0.25) is 0 Å². The minimum atomic E-state index is 0.734. The van der Waals surface area contributed by atoms with E-state index >= 15 is 0 Å². The number of aromatic nitrogens is 2. The lowest BCUT2D eigenvalue weighted by atomic mass is 10.1. The molecule has 112 valence electrons. The first-order chi connectivity index (χ1) is 10.2. The number of aryl methyl sites for hydroxylation is 2. The zero-order chi connectivity index (χ0) is 15.1. The zero-order valence-corrected chi connectivity index (χ0v) is 13.5. The first-order valence-corrected chi connectivity index (χ1v) is 7.76. The van der Waals surface area contributed by atoms with Gasteiger partial charge in [0.15, 0.2) is 5.16 Å². The molecule has 0 aliphatic heterocycles. The molecule has 5 heteroatoms. The summed E-state index contributed by atoms with van der Waals surface area (Å²) in [5, 5.41) is 4.14. The van der Waals surface area contributed by atoms with Crippen LogP contribution in [0.25, 0.3) is 0 Å². The third-order valence-corrected chi connectivity index (χ3v) is 4.08. The molecule has 21 heavy (non-hydrogen) atoms. The van der Waals surface area contributed by atoms with Gasteiger partial charge in [-0.1, -0.05) is 12.1 Å². The van der Waals surface area contributed by atoms with Crippen LogP contribution in [0, 0.1) is 13.8 Å². The van der Waals surface area contributed by atoms with E-state index in [0.29, 0.717) is 0 Å². The fourth-order valence-corrected chi connectivity index (χ4v) is 2.64. The van der Waals surface area contributed by atoms with Crippen molar-refractivity contribution in [1.29, 1.82) is 0 Å². The lowest BCUT2D eigenvalue weighted by Crippen LogP contribution is -2.18. The molecule has 0 spiro atoms. The molecule has 2 aromatic rings. The second-order valence-corrected chi connectivity index (χ2v) is 5.92. The number of nitrogens with zero attached hydrogens (tertiary/aromatic N) is 2. The zero-order valence-electron chi connectivity index (χ0n) is 12.7. The maximum Gasteiger partial charge on any atom is 0.192 e. The van der Waals surface area contributed by atoms with E-state index in [9.17, 15) is 0 Å². The van der Waals surface area contributed by atoms with Gasteiger partial charge >= 0.3 is 0 Å². The highest BCUT2D eigenvalue weighted by Gasteiger charge is 2.04. The number of methoxy groups -OCH3 is 1. The van der Waals surface area contributed by atoms with Gasteiger partial charge in [-0.25, -0.2) is 9.97 Å². The first-order valence-electron chi connectivity index (χ1n) is 6.94. The van der Waals surface area contributed by atoms with Crippen molar-refractivity contribution in [3.05, 3.63) is 47.3 Å². The van der Waals surface area contributed by atoms with Crippen LogP contribution in [0.5, 0.6) is 0 Å². The second-order valence-electron chi connectivity index (χ2n) is 4.91. The Labute approximate surface area is 130 Å². The molecule has 2 rings (SSSR count). The van der Waals surface area contributed by atoms with Crippen LogP contribution in [0.15, 0.2) is 40.6 Å². The van der Waals surface area contributed by atoms with Crippen molar-refractivity contribution in [3.63, 3.8) is 0 Å². The summed E-state index contributed by atoms with van der Waals surface area (Å²) in [5.74, 6) is 0. The molecular weight excluding hydrogens is 282 g/mol. The van der Waals surface area contributed by atoms with Crippen molar-refractivity contribution in [1.82, 2.24) is 15.3 Å². The first kappa shape index (κ1) is 15.9. The van der Waals surface area contributed by atoms with E-state index in [-0.39, 0.29) is 0 Å². The van der Waals surface area contributed by atoms with Gasteiger partial charge in [-0.15, -0.1) is 0 Å². The van der Waals surface area contributed by atoms with Gasteiger partial charge in [0.25, 0.3) is 0 Å². The third-order valence-electron chi connectivity index (χ3n) is 3.01. The highest BCUT2D eigenvalue weighted by atomic mass is 32.2. The summed E-state index contributed by atoms with van der Waals surface area (Å²) < 4.78 is 5.02. The fraction of sp³-hybridized carbons (Fsp3) is 0.375. The van der Waals surface area contributed by atoms with Gasteiger partial charge in [0.05, 0.1) is 6.61 Å². The molecule has 0 fully saturated rings. The number of hydrogen-bond acceptors (Lipinski definition) is 5. The number of benzene rings is 1. The van der Waals surface area contributed by atoms with Gasteiger partial charge in [-0.05, 0) is 48.4 Å². The standard InChI is InChI=1S/C16H21N3OS/c1-12-9-18-16(19-10-12)21-15-5-4-14(8-13(15)2)11-17-6-7-20-3/h4-5,8-10,17H,6-7,11H2,1-3H3. The van der Waals surface area contributed by atoms with Crippen LogP contribution in [0.2, 0.25) is 0 Å². The maximum atomic E-state index is 5.02. The molecule has 0 amide bonds. The Morgan fingerprint density at radius 2 is 1.95 bits per heavy atom. The minimum absolute atomic E-state index is 0.734. The Kier molecular flexibility index (Phi) is 6.17. The van der Waals surface area contributed by atoms with Gasteiger partial charge in [-0.3, -0.25) is 0 Å². The average molecular weight is 303 g/mol. The van der Waals surface area contributed by atoms with Gasteiger partial charge in [-0.2, -0.15) is 0 Å².